The van der Waals surface area contributed by atoms with E-state index in [1.807, 2.05) is 30.5 Å². The summed E-state index contributed by atoms with van der Waals surface area (Å²) in [4.78, 5) is 12.7. The molecule has 0 bridgehead atoms. The van der Waals surface area contributed by atoms with Crippen LogP contribution in [0.2, 0.25) is 5.15 Å². The van der Waals surface area contributed by atoms with E-state index in [1.165, 1.54) is 6.33 Å². The highest BCUT2D eigenvalue weighted by Gasteiger charge is 2.14. The molecule has 0 radical (unpaired) electrons. The molecule has 0 aliphatic heterocycles. The first-order chi connectivity index (χ1) is 11.7. The highest BCUT2D eigenvalue weighted by Crippen LogP contribution is 2.22. The largest absolute Gasteiger partial charge is 0.497 e. The highest BCUT2D eigenvalue weighted by atomic mass is 35.5. The Hall–Kier alpha value is -3.00. The number of fused-ring (bicyclic) bond motifs is 1. The molecule has 24 heavy (non-hydrogen) atoms. The number of nitrogens with zero attached hydrogens (tertiary/aromatic N) is 6. The third-order valence-corrected chi connectivity index (χ3v) is 3.75. The van der Waals surface area contributed by atoms with Gasteiger partial charge in [0, 0.05) is 0 Å². The molecular formula is C15H12ClN7O. The average Bonchev–Trinajstić information content (AvgIpc) is 3.25. The lowest BCUT2D eigenvalue weighted by molar-refractivity contribution is 0.414. The van der Waals surface area contributed by atoms with Crippen molar-refractivity contribution in [3.8, 4) is 17.4 Å². The Balaban J connectivity index is 1.68. The predicted molar refractivity (Wildman–Crippen MR) is 87.8 cm³/mol. The van der Waals surface area contributed by atoms with Crippen LogP contribution in [0.25, 0.3) is 22.7 Å². The zero-order chi connectivity index (χ0) is 16.5. The molecule has 0 atom stereocenters. The average molecular weight is 342 g/mol. The summed E-state index contributed by atoms with van der Waals surface area (Å²) in [5.74, 6) is 1.56. The van der Waals surface area contributed by atoms with Crippen molar-refractivity contribution < 1.29 is 4.74 Å². The van der Waals surface area contributed by atoms with Crippen molar-refractivity contribution in [2.45, 2.75) is 6.54 Å². The van der Waals surface area contributed by atoms with Crippen molar-refractivity contribution in [2.24, 2.45) is 0 Å². The van der Waals surface area contributed by atoms with Crippen molar-refractivity contribution in [1.82, 2.24) is 34.9 Å². The molecule has 3 aromatic heterocycles. The van der Waals surface area contributed by atoms with E-state index < -0.39 is 0 Å². The van der Waals surface area contributed by atoms with E-state index in [0.29, 0.717) is 29.2 Å². The van der Waals surface area contributed by atoms with Gasteiger partial charge < -0.3 is 4.74 Å². The fraction of sp³-hybridized carbons (Fsp3) is 0.133. The summed E-state index contributed by atoms with van der Waals surface area (Å²) in [5, 5.41) is 11.3. The van der Waals surface area contributed by atoms with Crippen LogP contribution >= 0.6 is 11.6 Å². The summed E-state index contributed by atoms with van der Waals surface area (Å²) >= 11 is 6.23. The molecular weight excluding hydrogens is 330 g/mol. The zero-order valence-corrected chi connectivity index (χ0v) is 13.4. The van der Waals surface area contributed by atoms with Crippen LogP contribution in [0.4, 0.5) is 0 Å². The van der Waals surface area contributed by atoms with Crippen molar-refractivity contribution in [3.05, 3.63) is 47.5 Å². The van der Waals surface area contributed by atoms with Crippen LogP contribution in [-0.4, -0.2) is 42.0 Å². The van der Waals surface area contributed by atoms with Crippen molar-refractivity contribution in [1.29, 1.82) is 0 Å². The van der Waals surface area contributed by atoms with Gasteiger partial charge in [0.05, 0.1) is 19.9 Å². The Kier molecular flexibility index (Phi) is 3.58. The molecule has 0 saturated heterocycles. The Labute approximate surface area is 141 Å². The fourth-order valence-electron chi connectivity index (χ4n) is 2.34. The van der Waals surface area contributed by atoms with Gasteiger partial charge in [-0.1, -0.05) is 23.7 Å². The standard InChI is InChI=1S/C15H12ClN7O/c1-24-10-4-2-9(3-5-10)6-23-7-11-12(22-23)13(16)20-15(19-11)14-17-8-18-21-14/h2-5,7-8H,6H2,1H3,(H,17,18,21). The number of halogens is 1. The summed E-state index contributed by atoms with van der Waals surface area (Å²) in [6.07, 6.45) is 3.28. The van der Waals surface area contributed by atoms with Crippen LogP contribution in [0.1, 0.15) is 5.56 Å². The van der Waals surface area contributed by atoms with Gasteiger partial charge in [0.15, 0.2) is 5.15 Å². The quantitative estimate of drug-likeness (QED) is 0.572. The van der Waals surface area contributed by atoms with Crippen LogP contribution in [0, 0.1) is 0 Å². The van der Waals surface area contributed by atoms with Gasteiger partial charge in [0.1, 0.15) is 23.1 Å². The number of H-pyrrole nitrogens is 1. The van der Waals surface area contributed by atoms with Crippen molar-refractivity contribution >= 4 is 22.6 Å². The minimum absolute atomic E-state index is 0.272. The first-order valence-corrected chi connectivity index (χ1v) is 7.50. The van der Waals surface area contributed by atoms with Gasteiger partial charge in [-0.25, -0.2) is 15.0 Å². The van der Waals surface area contributed by atoms with Gasteiger partial charge >= 0.3 is 0 Å². The Bertz CT molecular complexity index is 979. The maximum absolute atomic E-state index is 6.23. The Morgan fingerprint density at radius 3 is 2.71 bits per heavy atom. The lowest BCUT2D eigenvalue weighted by Crippen LogP contribution is -1.99. The minimum atomic E-state index is 0.272. The molecule has 0 saturated carbocycles. The van der Waals surface area contributed by atoms with E-state index in [0.717, 1.165) is 11.3 Å². The number of hydrogen-bond donors (Lipinski definition) is 1. The molecule has 0 aliphatic rings. The van der Waals surface area contributed by atoms with Gasteiger partial charge in [0.25, 0.3) is 0 Å². The van der Waals surface area contributed by atoms with E-state index in [1.54, 1.807) is 11.8 Å². The molecule has 0 unspecified atom stereocenters. The molecule has 3 heterocycles. The fourth-order valence-corrected chi connectivity index (χ4v) is 2.55. The highest BCUT2D eigenvalue weighted by molar-refractivity contribution is 6.33. The molecule has 1 N–H and O–H groups in total. The van der Waals surface area contributed by atoms with Gasteiger partial charge in [-0.05, 0) is 17.7 Å². The number of nitrogens with one attached hydrogen (secondary N) is 1. The maximum atomic E-state index is 6.23. The van der Waals surface area contributed by atoms with Crippen LogP contribution < -0.4 is 4.74 Å². The lowest BCUT2D eigenvalue weighted by atomic mass is 10.2. The maximum Gasteiger partial charge on any atom is 0.218 e. The predicted octanol–water partition coefficient (Wildman–Crippen LogP) is 2.32. The second-order valence-electron chi connectivity index (χ2n) is 5.07. The molecule has 120 valence electrons. The smallest absolute Gasteiger partial charge is 0.218 e. The number of ether oxygens (including phenoxy) is 1. The molecule has 1 aromatic carbocycles. The molecule has 0 fully saturated rings. The molecule has 8 nitrogen and oxygen atoms in total. The normalized spacial score (nSPS) is 11.1. The Morgan fingerprint density at radius 2 is 2.00 bits per heavy atom. The number of methoxy groups -OCH3 is 1. The number of benzene rings is 1. The van der Waals surface area contributed by atoms with Gasteiger partial charge in [-0.2, -0.15) is 10.2 Å². The second kappa shape index (κ2) is 5.89. The van der Waals surface area contributed by atoms with E-state index in [4.69, 9.17) is 16.3 Å². The summed E-state index contributed by atoms with van der Waals surface area (Å²) in [6, 6.07) is 7.79. The minimum Gasteiger partial charge on any atom is -0.497 e. The molecule has 0 aliphatic carbocycles. The lowest BCUT2D eigenvalue weighted by Gasteiger charge is -2.03. The first-order valence-electron chi connectivity index (χ1n) is 7.13. The third-order valence-electron chi connectivity index (χ3n) is 3.49. The van der Waals surface area contributed by atoms with E-state index in [9.17, 15) is 0 Å². The summed E-state index contributed by atoms with van der Waals surface area (Å²) in [5.41, 5.74) is 2.27. The SMILES string of the molecule is COc1ccc(Cn2cc3nc(-c4nc[nH]n4)nc(Cl)c3n2)cc1. The van der Waals surface area contributed by atoms with Crippen LogP contribution in [0.3, 0.4) is 0 Å². The van der Waals surface area contributed by atoms with Gasteiger partial charge in [-0.3, -0.25) is 9.78 Å². The van der Waals surface area contributed by atoms with Gasteiger partial charge in [-0.15, -0.1) is 0 Å². The number of aromatic amines is 1. The molecule has 4 rings (SSSR count). The van der Waals surface area contributed by atoms with Crippen LogP contribution in [-0.2, 0) is 6.54 Å². The molecule has 9 heteroatoms. The first kappa shape index (κ1) is 14.6. The van der Waals surface area contributed by atoms with Crippen molar-refractivity contribution in [2.75, 3.05) is 7.11 Å². The van der Waals surface area contributed by atoms with E-state index in [2.05, 4.69) is 30.2 Å². The molecule has 0 amide bonds. The number of rotatable bonds is 4. The van der Waals surface area contributed by atoms with Crippen LogP contribution in [0.15, 0.2) is 36.8 Å². The molecule has 0 spiro atoms. The Morgan fingerprint density at radius 1 is 1.17 bits per heavy atom. The molecule has 4 aromatic rings. The number of hydrogen-bond acceptors (Lipinski definition) is 6. The zero-order valence-electron chi connectivity index (χ0n) is 12.6. The third kappa shape index (κ3) is 2.67. The van der Waals surface area contributed by atoms with Gasteiger partial charge in [0.2, 0.25) is 11.6 Å². The monoisotopic (exact) mass is 341 g/mol. The second-order valence-corrected chi connectivity index (χ2v) is 5.43. The van der Waals surface area contributed by atoms with Crippen LogP contribution in [0.5, 0.6) is 5.75 Å². The number of aromatic nitrogens is 7. The van der Waals surface area contributed by atoms with E-state index >= 15 is 0 Å². The topological polar surface area (TPSA) is 94.4 Å². The summed E-state index contributed by atoms with van der Waals surface area (Å²) in [6.45, 7) is 0.590. The van der Waals surface area contributed by atoms with E-state index in [-0.39, 0.29) is 5.15 Å². The summed E-state index contributed by atoms with van der Waals surface area (Å²) < 4.78 is 6.93. The summed E-state index contributed by atoms with van der Waals surface area (Å²) in [7, 11) is 1.64. The van der Waals surface area contributed by atoms with Crippen molar-refractivity contribution in [3.63, 3.8) is 0 Å².